The van der Waals surface area contributed by atoms with Crippen LogP contribution in [0.25, 0.3) is 21.9 Å². The number of carboxylic acid groups (broad SMARTS) is 1. The molecule has 0 bridgehead atoms. The summed E-state index contributed by atoms with van der Waals surface area (Å²) in [5, 5.41) is 11.5. The summed E-state index contributed by atoms with van der Waals surface area (Å²) in [7, 11) is 0. The second kappa shape index (κ2) is 7.09. The third-order valence-electron chi connectivity index (χ3n) is 5.25. The fraction of sp³-hybridized carbons (Fsp3) is 0.217. The molecule has 4 rings (SSSR count). The molecule has 2 heterocycles. The SMILES string of the molecule is Cc1ccc(C)c2c(C(=O)O)cc(C(CN)Cc3cc4ccccc4o3)nc12. The third-order valence-corrected chi connectivity index (χ3v) is 5.25. The maximum Gasteiger partial charge on any atom is 0.336 e. The van der Waals surface area contributed by atoms with Gasteiger partial charge in [0.1, 0.15) is 11.3 Å². The van der Waals surface area contributed by atoms with Crippen LogP contribution in [0.4, 0.5) is 0 Å². The first-order valence-electron chi connectivity index (χ1n) is 9.29. The minimum absolute atomic E-state index is 0.136. The molecule has 0 amide bonds. The summed E-state index contributed by atoms with van der Waals surface area (Å²) in [6.07, 6.45) is 0.563. The van der Waals surface area contributed by atoms with Crippen LogP contribution >= 0.6 is 0 Å². The molecule has 0 saturated heterocycles. The Bertz CT molecular complexity index is 1160. The molecular weight excluding hydrogens is 352 g/mol. The van der Waals surface area contributed by atoms with Gasteiger partial charge in [-0.2, -0.15) is 0 Å². The van der Waals surface area contributed by atoms with E-state index >= 15 is 0 Å². The average Bonchev–Trinajstić information content (AvgIpc) is 3.10. The zero-order valence-corrected chi connectivity index (χ0v) is 15.9. The van der Waals surface area contributed by atoms with Gasteiger partial charge < -0.3 is 15.3 Å². The fourth-order valence-corrected chi connectivity index (χ4v) is 3.73. The maximum atomic E-state index is 11.9. The summed E-state index contributed by atoms with van der Waals surface area (Å²) >= 11 is 0. The number of nitrogens with two attached hydrogens (primary N) is 1. The van der Waals surface area contributed by atoms with Crippen LogP contribution in [-0.2, 0) is 6.42 Å². The molecule has 5 heteroatoms. The van der Waals surface area contributed by atoms with E-state index in [1.54, 1.807) is 6.07 Å². The largest absolute Gasteiger partial charge is 0.478 e. The van der Waals surface area contributed by atoms with Gasteiger partial charge in [0.15, 0.2) is 0 Å². The van der Waals surface area contributed by atoms with E-state index in [2.05, 4.69) is 0 Å². The molecule has 142 valence electrons. The van der Waals surface area contributed by atoms with Crippen molar-refractivity contribution in [3.8, 4) is 0 Å². The van der Waals surface area contributed by atoms with Crippen LogP contribution in [0.15, 0.2) is 52.9 Å². The van der Waals surface area contributed by atoms with Crippen molar-refractivity contribution >= 4 is 27.8 Å². The Morgan fingerprint density at radius 2 is 1.89 bits per heavy atom. The number of aromatic nitrogens is 1. The summed E-state index contributed by atoms with van der Waals surface area (Å²) < 4.78 is 5.93. The number of furan rings is 1. The minimum atomic E-state index is -0.957. The second-order valence-corrected chi connectivity index (χ2v) is 7.21. The molecule has 0 radical (unpaired) electrons. The van der Waals surface area contributed by atoms with Crippen LogP contribution < -0.4 is 5.73 Å². The van der Waals surface area contributed by atoms with Gasteiger partial charge in [-0.05, 0) is 43.2 Å². The monoisotopic (exact) mass is 374 g/mol. The number of carbonyl (C=O) groups is 1. The Hall–Kier alpha value is -3.18. The van der Waals surface area contributed by atoms with Crippen molar-refractivity contribution in [2.75, 3.05) is 6.54 Å². The lowest BCUT2D eigenvalue weighted by molar-refractivity contribution is 0.0698. The highest BCUT2D eigenvalue weighted by Gasteiger charge is 2.21. The van der Waals surface area contributed by atoms with Crippen LogP contribution in [0.3, 0.4) is 0 Å². The molecule has 0 aliphatic rings. The van der Waals surface area contributed by atoms with Gasteiger partial charge in [0.25, 0.3) is 0 Å². The molecule has 0 aliphatic carbocycles. The normalized spacial score (nSPS) is 12.5. The van der Waals surface area contributed by atoms with Crippen LogP contribution in [0.5, 0.6) is 0 Å². The van der Waals surface area contributed by atoms with E-state index < -0.39 is 5.97 Å². The van der Waals surface area contributed by atoms with E-state index in [-0.39, 0.29) is 11.5 Å². The Labute approximate surface area is 162 Å². The van der Waals surface area contributed by atoms with Gasteiger partial charge in [-0.3, -0.25) is 4.98 Å². The molecule has 1 atom stereocenters. The van der Waals surface area contributed by atoms with E-state index in [4.69, 9.17) is 15.1 Å². The maximum absolute atomic E-state index is 11.9. The lowest BCUT2D eigenvalue weighted by Crippen LogP contribution is -2.17. The number of carboxylic acids is 1. The molecule has 0 spiro atoms. The molecule has 28 heavy (non-hydrogen) atoms. The number of fused-ring (bicyclic) bond motifs is 2. The zero-order chi connectivity index (χ0) is 19.8. The molecule has 0 aliphatic heterocycles. The molecule has 4 aromatic rings. The van der Waals surface area contributed by atoms with Crippen LogP contribution in [0.2, 0.25) is 0 Å². The summed E-state index contributed by atoms with van der Waals surface area (Å²) in [5.41, 5.74) is 10.4. The van der Waals surface area contributed by atoms with Crippen molar-refractivity contribution in [2.24, 2.45) is 5.73 Å². The summed E-state index contributed by atoms with van der Waals surface area (Å²) in [5.74, 6) is -0.277. The van der Waals surface area contributed by atoms with Crippen molar-refractivity contribution in [3.63, 3.8) is 0 Å². The summed E-state index contributed by atoms with van der Waals surface area (Å²) in [6, 6.07) is 15.4. The molecule has 3 N–H and O–H groups in total. The van der Waals surface area contributed by atoms with Crippen LogP contribution in [0, 0.1) is 13.8 Å². The van der Waals surface area contributed by atoms with Gasteiger partial charge >= 0.3 is 5.97 Å². The predicted molar refractivity (Wildman–Crippen MR) is 110 cm³/mol. The van der Waals surface area contributed by atoms with Crippen molar-refractivity contribution in [1.82, 2.24) is 4.98 Å². The van der Waals surface area contributed by atoms with Crippen molar-refractivity contribution in [1.29, 1.82) is 0 Å². The average molecular weight is 374 g/mol. The molecule has 0 fully saturated rings. The zero-order valence-electron chi connectivity index (χ0n) is 15.9. The van der Waals surface area contributed by atoms with E-state index in [9.17, 15) is 9.90 Å². The number of hydrogen-bond acceptors (Lipinski definition) is 4. The first-order valence-corrected chi connectivity index (χ1v) is 9.29. The Morgan fingerprint density at radius 1 is 1.14 bits per heavy atom. The van der Waals surface area contributed by atoms with Crippen LogP contribution in [-0.4, -0.2) is 22.6 Å². The Kier molecular flexibility index (Phi) is 4.61. The lowest BCUT2D eigenvalue weighted by atomic mass is 9.94. The van der Waals surface area contributed by atoms with E-state index in [1.807, 2.05) is 56.3 Å². The smallest absolute Gasteiger partial charge is 0.336 e. The second-order valence-electron chi connectivity index (χ2n) is 7.21. The molecule has 1 unspecified atom stereocenters. The number of aromatic carboxylic acids is 1. The van der Waals surface area contributed by atoms with Gasteiger partial charge in [0, 0.05) is 35.3 Å². The van der Waals surface area contributed by atoms with Crippen molar-refractivity contribution in [3.05, 3.63) is 76.7 Å². The van der Waals surface area contributed by atoms with Crippen molar-refractivity contribution in [2.45, 2.75) is 26.2 Å². The molecule has 2 aromatic carbocycles. The van der Waals surface area contributed by atoms with Crippen molar-refractivity contribution < 1.29 is 14.3 Å². The quantitative estimate of drug-likeness (QED) is 0.534. The van der Waals surface area contributed by atoms with Gasteiger partial charge in [-0.15, -0.1) is 0 Å². The number of benzene rings is 2. The predicted octanol–water partition coefficient (Wildman–Crippen LogP) is 4.58. The van der Waals surface area contributed by atoms with Gasteiger partial charge in [-0.1, -0.05) is 30.3 Å². The molecule has 0 saturated carbocycles. The number of rotatable bonds is 5. The Morgan fingerprint density at radius 3 is 2.61 bits per heavy atom. The first kappa shape index (κ1) is 18.2. The van der Waals surface area contributed by atoms with E-state index in [1.165, 1.54) is 0 Å². The topological polar surface area (TPSA) is 89.3 Å². The molecular formula is C23H22N2O3. The minimum Gasteiger partial charge on any atom is -0.478 e. The van der Waals surface area contributed by atoms with Gasteiger partial charge in [0.05, 0.1) is 11.1 Å². The first-order chi connectivity index (χ1) is 13.5. The fourth-order valence-electron chi connectivity index (χ4n) is 3.73. The highest BCUT2D eigenvalue weighted by atomic mass is 16.4. The third kappa shape index (κ3) is 3.14. The summed E-state index contributed by atoms with van der Waals surface area (Å²) in [6.45, 7) is 4.20. The van der Waals surface area contributed by atoms with Crippen LogP contribution in [0.1, 0.15) is 38.9 Å². The van der Waals surface area contributed by atoms with Gasteiger partial charge in [-0.25, -0.2) is 4.79 Å². The number of aryl methyl sites for hydroxylation is 2. The van der Waals surface area contributed by atoms with E-state index in [0.29, 0.717) is 24.0 Å². The lowest BCUT2D eigenvalue weighted by Gasteiger charge is -2.17. The van der Waals surface area contributed by atoms with Gasteiger partial charge in [0.2, 0.25) is 0 Å². The highest BCUT2D eigenvalue weighted by Crippen LogP contribution is 2.30. The van der Waals surface area contributed by atoms with E-state index in [0.717, 1.165) is 33.4 Å². The Balaban J connectivity index is 1.81. The number of para-hydroxylation sites is 1. The summed E-state index contributed by atoms with van der Waals surface area (Å²) in [4.78, 5) is 16.8. The number of hydrogen-bond donors (Lipinski definition) is 2. The number of nitrogens with zero attached hydrogens (tertiary/aromatic N) is 1. The number of pyridine rings is 1. The highest BCUT2D eigenvalue weighted by molar-refractivity contribution is 6.04. The molecule has 2 aromatic heterocycles. The standard InChI is InChI=1S/C23H22N2O3/c1-13-7-8-14(2)22-21(13)18(23(26)27)11-19(25-22)16(12-24)10-17-9-15-5-3-4-6-20(15)28-17/h3-9,11,16H,10,12,24H2,1-2H3,(H,26,27). The molecule has 5 nitrogen and oxygen atoms in total.